The number of aromatic hydroxyl groups is 1. The first-order valence-electron chi connectivity index (χ1n) is 3.08. The summed E-state index contributed by atoms with van der Waals surface area (Å²) in [4.78, 5) is 0. The van der Waals surface area contributed by atoms with Crippen molar-refractivity contribution in [2.45, 2.75) is 6.92 Å². The van der Waals surface area contributed by atoms with Crippen LogP contribution in [0.2, 0.25) is 0 Å². The van der Waals surface area contributed by atoms with Gasteiger partial charge in [-0.05, 0) is 24.0 Å². The number of phenolic OH excluding ortho intramolecular Hbond substituents is 1. The molecule has 0 amide bonds. The first kappa shape index (κ1) is 7.13. The molecule has 0 radical (unpaired) electrons. The zero-order valence-electron chi connectivity index (χ0n) is 5.76. The number of hydrogen-bond donors (Lipinski definition) is 1. The number of halogens is 1. The van der Waals surface area contributed by atoms with Crippen LogP contribution in [-0.4, -0.2) is 12.7 Å². The van der Waals surface area contributed by atoms with Crippen molar-refractivity contribution in [3.63, 3.8) is 0 Å². The van der Waals surface area contributed by atoms with Crippen molar-refractivity contribution in [1.29, 1.82) is 0 Å². The van der Waals surface area contributed by atoms with Gasteiger partial charge in [0.1, 0.15) is 5.75 Å². The molecule has 0 saturated heterocycles. The molecule has 1 N–H and O–H groups in total. The van der Waals surface area contributed by atoms with Crippen molar-refractivity contribution >= 4 is 13.0 Å². The Morgan fingerprint density at radius 3 is 2.70 bits per heavy atom. The van der Waals surface area contributed by atoms with E-state index in [0.717, 1.165) is 5.56 Å². The van der Waals surface area contributed by atoms with Gasteiger partial charge in [-0.15, -0.1) is 0 Å². The van der Waals surface area contributed by atoms with E-state index in [2.05, 4.69) is 0 Å². The van der Waals surface area contributed by atoms with E-state index in [9.17, 15) is 4.32 Å². The predicted octanol–water partition coefficient (Wildman–Crippen LogP) is 0.647. The van der Waals surface area contributed by atoms with Crippen LogP contribution in [0.25, 0.3) is 0 Å². The molecule has 1 rings (SSSR count). The molecule has 3 heteroatoms. The number of aryl methyl sites for hydroxylation is 1. The van der Waals surface area contributed by atoms with Gasteiger partial charge in [0, 0.05) is 0 Å². The molecule has 0 aliphatic rings. The molecule has 1 nitrogen and oxygen atoms in total. The summed E-state index contributed by atoms with van der Waals surface area (Å²) in [6, 6.07) is 4.71. The Bertz CT molecular complexity index is 237. The summed E-state index contributed by atoms with van der Waals surface area (Å²) in [6.07, 6.45) is 0. The summed E-state index contributed by atoms with van der Waals surface area (Å²) >= 11 is 0. The van der Waals surface area contributed by atoms with Gasteiger partial charge < -0.3 is 9.42 Å². The van der Waals surface area contributed by atoms with E-state index in [0.29, 0.717) is 5.46 Å². The van der Waals surface area contributed by atoms with Crippen molar-refractivity contribution in [3.8, 4) is 5.75 Å². The lowest BCUT2D eigenvalue weighted by atomic mass is 9.90. The molecule has 10 heavy (non-hydrogen) atoms. The summed E-state index contributed by atoms with van der Waals surface area (Å²) in [7, 11) is -0.471. The lowest BCUT2D eigenvalue weighted by Crippen LogP contribution is -2.08. The fraction of sp³-hybridized carbons (Fsp3) is 0.143. The minimum absolute atomic E-state index is 0.220. The second kappa shape index (κ2) is 2.73. The Kier molecular flexibility index (Phi) is 1.95. The van der Waals surface area contributed by atoms with E-state index in [-0.39, 0.29) is 5.75 Å². The quantitative estimate of drug-likeness (QED) is 0.564. The highest BCUT2D eigenvalue weighted by atomic mass is 19.1. The molecule has 0 bridgehead atoms. The van der Waals surface area contributed by atoms with Crippen LogP contribution in [-0.2, 0) is 0 Å². The number of benzene rings is 1. The SMILES string of the molecule is Cc1cc(BF)ccc1O. The van der Waals surface area contributed by atoms with Gasteiger partial charge in [-0.25, -0.2) is 0 Å². The third kappa shape index (κ3) is 1.29. The number of hydrogen-bond acceptors (Lipinski definition) is 1. The monoisotopic (exact) mass is 138 g/mol. The molecule has 0 saturated carbocycles. The molecule has 0 unspecified atom stereocenters. The number of rotatable bonds is 1. The maximum absolute atomic E-state index is 12.0. The van der Waals surface area contributed by atoms with E-state index in [1.165, 1.54) is 6.07 Å². The van der Waals surface area contributed by atoms with Gasteiger partial charge in [-0.3, -0.25) is 0 Å². The van der Waals surface area contributed by atoms with Crippen molar-refractivity contribution in [3.05, 3.63) is 23.8 Å². The normalized spacial score (nSPS) is 9.40. The summed E-state index contributed by atoms with van der Waals surface area (Å²) in [5, 5.41) is 9.02. The van der Waals surface area contributed by atoms with E-state index in [4.69, 9.17) is 5.11 Å². The maximum Gasteiger partial charge on any atom is 0.364 e. The number of phenols is 1. The molecular formula is C7H8BFO. The molecule has 1 aromatic rings. The second-order valence-corrected chi connectivity index (χ2v) is 2.25. The summed E-state index contributed by atoms with van der Waals surface area (Å²) in [6.45, 7) is 1.74. The average molecular weight is 138 g/mol. The van der Waals surface area contributed by atoms with Crippen LogP contribution < -0.4 is 5.46 Å². The summed E-state index contributed by atoms with van der Waals surface area (Å²) in [5.74, 6) is 0.220. The molecule has 0 aliphatic carbocycles. The Morgan fingerprint density at radius 1 is 1.50 bits per heavy atom. The first-order valence-corrected chi connectivity index (χ1v) is 3.08. The Hall–Kier alpha value is -0.985. The van der Waals surface area contributed by atoms with Crippen LogP contribution in [0.3, 0.4) is 0 Å². The lowest BCUT2D eigenvalue weighted by Gasteiger charge is -1.98. The van der Waals surface area contributed by atoms with Crippen LogP contribution in [0.1, 0.15) is 5.56 Å². The van der Waals surface area contributed by atoms with Gasteiger partial charge in [0.2, 0.25) is 0 Å². The van der Waals surface area contributed by atoms with E-state index >= 15 is 0 Å². The highest BCUT2D eigenvalue weighted by Crippen LogP contribution is 2.11. The minimum atomic E-state index is -0.471. The van der Waals surface area contributed by atoms with Crippen LogP contribution >= 0.6 is 0 Å². The van der Waals surface area contributed by atoms with Crippen molar-refractivity contribution < 1.29 is 9.42 Å². The maximum atomic E-state index is 12.0. The minimum Gasteiger partial charge on any atom is -0.508 e. The smallest absolute Gasteiger partial charge is 0.364 e. The van der Waals surface area contributed by atoms with Crippen LogP contribution in [0.15, 0.2) is 18.2 Å². The first-order chi connectivity index (χ1) is 4.74. The second-order valence-electron chi connectivity index (χ2n) is 2.25. The topological polar surface area (TPSA) is 20.2 Å². The average Bonchev–Trinajstić information content (AvgIpc) is 1.95. The molecular weight excluding hydrogens is 130 g/mol. The van der Waals surface area contributed by atoms with Gasteiger partial charge in [0.25, 0.3) is 0 Å². The van der Waals surface area contributed by atoms with Crippen molar-refractivity contribution in [1.82, 2.24) is 0 Å². The van der Waals surface area contributed by atoms with Crippen molar-refractivity contribution in [2.75, 3.05) is 0 Å². The van der Waals surface area contributed by atoms with E-state index < -0.39 is 7.56 Å². The summed E-state index contributed by atoms with van der Waals surface area (Å²) < 4.78 is 12.0. The molecule has 0 aromatic heterocycles. The third-order valence-corrected chi connectivity index (χ3v) is 1.42. The molecule has 0 aliphatic heterocycles. The summed E-state index contributed by atoms with van der Waals surface area (Å²) in [5.41, 5.74) is 1.32. The molecule has 0 spiro atoms. The highest BCUT2D eigenvalue weighted by molar-refractivity contribution is 6.46. The Labute approximate surface area is 59.8 Å². The molecule has 1 aromatic carbocycles. The van der Waals surface area contributed by atoms with Gasteiger partial charge in [0.15, 0.2) is 0 Å². The lowest BCUT2D eigenvalue weighted by molar-refractivity contribution is 0.471. The Balaban J connectivity index is 3.04. The molecule has 0 fully saturated rings. The highest BCUT2D eigenvalue weighted by Gasteiger charge is 1.97. The van der Waals surface area contributed by atoms with E-state index in [1.54, 1.807) is 19.1 Å². The van der Waals surface area contributed by atoms with Gasteiger partial charge >= 0.3 is 7.56 Å². The fourth-order valence-electron chi connectivity index (χ4n) is 0.801. The molecule has 0 heterocycles. The predicted molar refractivity (Wildman–Crippen MR) is 40.7 cm³/mol. The molecule has 52 valence electrons. The van der Waals surface area contributed by atoms with Crippen molar-refractivity contribution in [2.24, 2.45) is 0 Å². The van der Waals surface area contributed by atoms with Gasteiger partial charge in [0.05, 0.1) is 0 Å². The molecule has 0 atom stereocenters. The van der Waals surface area contributed by atoms with Crippen LogP contribution in [0.4, 0.5) is 4.32 Å². The zero-order chi connectivity index (χ0) is 7.56. The standard InChI is InChI=1S/C7H8BFO/c1-5-4-6(8-9)2-3-7(5)10/h2-4,8,10H,1H3. The Morgan fingerprint density at radius 2 is 2.20 bits per heavy atom. The van der Waals surface area contributed by atoms with Gasteiger partial charge in [-0.1, -0.05) is 12.1 Å². The zero-order valence-corrected chi connectivity index (χ0v) is 5.76. The fourth-order valence-corrected chi connectivity index (χ4v) is 0.801. The third-order valence-electron chi connectivity index (χ3n) is 1.42. The largest absolute Gasteiger partial charge is 0.508 e. The van der Waals surface area contributed by atoms with Crippen LogP contribution in [0, 0.1) is 6.92 Å². The van der Waals surface area contributed by atoms with Gasteiger partial charge in [-0.2, -0.15) is 0 Å². The van der Waals surface area contributed by atoms with E-state index in [1.807, 2.05) is 0 Å². The van der Waals surface area contributed by atoms with Crippen LogP contribution in [0.5, 0.6) is 5.75 Å².